The smallest absolute Gasteiger partial charge is 0.273 e. The van der Waals surface area contributed by atoms with Gasteiger partial charge in [-0.25, -0.2) is 4.72 Å². The zero-order valence-electron chi connectivity index (χ0n) is 18.3. The Hall–Kier alpha value is -0.620. The molecule has 0 radical (unpaired) electrons. The van der Waals surface area contributed by atoms with Gasteiger partial charge in [0.2, 0.25) is 5.91 Å². The van der Waals surface area contributed by atoms with Gasteiger partial charge in [0.15, 0.2) is 0 Å². The summed E-state index contributed by atoms with van der Waals surface area (Å²) >= 11 is 0. The molecule has 0 aromatic rings. The van der Waals surface area contributed by atoms with Crippen molar-refractivity contribution >= 4 is 16.1 Å². The average Bonchev–Trinajstić information content (AvgIpc) is 3.17. The SMILES string of the molecule is [2H]C1([2H])N(S(=O)(=O)NC(=O)[C@@]2(CC)C[C@H]2CC)C([2H])([2H])C([2H])(C)C1([2H])[2H]. The number of amides is 1. The van der Waals surface area contributed by atoms with Gasteiger partial charge in [0.25, 0.3) is 0 Å². The van der Waals surface area contributed by atoms with Crippen LogP contribution in [0.25, 0.3) is 0 Å². The zero-order valence-corrected chi connectivity index (χ0v) is 12.1. The average molecular weight is 295 g/mol. The maximum atomic E-state index is 12.7. The number of nitrogens with one attached hydrogen (secondary N) is 1. The summed E-state index contributed by atoms with van der Waals surface area (Å²) in [6, 6.07) is 0. The molecule has 5 nitrogen and oxygen atoms in total. The minimum atomic E-state index is -5.08. The van der Waals surface area contributed by atoms with Gasteiger partial charge >= 0.3 is 10.2 Å². The Kier molecular flexibility index (Phi) is 2.12. The van der Waals surface area contributed by atoms with Crippen LogP contribution in [0.2, 0.25) is 0 Å². The Morgan fingerprint density at radius 2 is 2.26 bits per heavy atom. The van der Waals surface area contributed by atoms with Crippen molar-refractivity contribution in [2.75, 3.05) is 13.0 Å². The number of nitrogens with zero attached hydrogens (tertiary/aromatic N) is 1. The molecule has 1 heterocycles. The van der Waals surface area contributed by atoms with Gasteiger partial charge in [0.05, 0.1) is 5.41 Å². The number of hydrogen-bond acceptors (Lipinski definition) is 3. The minimum absolute atomic E-state index is 0.0114. The Labute approximate surface area is 125 Å². The van der Waals surface area contributed by atoms with Gasteiger partial charge in [0.1, 0.15) is 0 Å². The maximum Gasteiger partial charge on any atom is 0.303 e. The molecule has 2 aliphatic rings. The van der Waals surface area contributed by atoms with Gasteiger partial charge < -0.3 is 0 Å². The van der Waals surface area contributed by atoms with Crippen molar-refractivity contribution in [1.82, 2.24) is 9.03 Å². The predicted octanol–water partition coefficient (Wildman–Crippen LogP) is 1.52. The normalized spacial score (nSPS) is 52.6. The van der Waals surface area contributed by atoms with E-state index in [1.54, 1.807) is 11.6 Å². The Bertz CT molecular complexity index is 699. The van der Waals surface area contributed by atoms with Crippen molar-refractivity contribution in [3.63, 3.8) is 0 Å². The molecule has 2 fully saturated rings. The standard InChI is InChI=1S/C13H24N2O3S/c1-4-11-8-13(11,5-2)12(16)14-19(17,18)15-7-6-10(3)9-15/h10-11H,4-9H2,1-3H3,(H,14,16)/t10?,11-,13+/m1/s1/i6D2,7D2,9D2,10D. The molecule has 3 atom stereocenters. The molecule has 2 rings (SSSR count). The van der Waals surface area contributed by atoms with E-state index in [-0.39, 0.29) is 10.2 Å². The van der Waals surface area contributed by atoms with E-state index in [1.807, 2.05) is 6.92 Å². The van der Waals surface area contributed by atoms with Gasteiger partial charge in [-0.3, -0.25) is 4.79 Å². The molecule has 1 unspecified atom stereocenters. The molecule has 6 heteroatoms. The Morgan fingerprint density at radius 3 is 2.68 bits per heavy atom. The fraction of sp³-hybridized carbons (Fsp3) is 0.923. The molecule has 0 aromatic carbocycles. The van der Waals surface area contributed by atoms with Crippen molar-refractivity contribution in [2.45, 2.75) is 46.4 Å². The largest absolute Gasteiger partial charge is 0.303 e. The zero-order chi connectivity index (χ0) is 20.6. The predicted molar refractivity (Wildman–Crippen MR) is 73.5 cm³/mol. The van der Waals surface area contributed by atoms with Crippen molar-refractivity contribution in [2.24, 2.45) is 17.2 Å². The van der Waals surface area contributed by atoms with Crippen molar-refractivity contribution in [3.8, 4) is 0 Å². The summed E-state index contributed by atoms with van der Waals surface area (Å²) in [5, 5.41) is 0. The fourth-order valence-corrected chi connectivity index (χ4v) is 3.47. The fourth-order valence-electron chi connectivity index (χ4n) is 2.51. The van der Waals surface area contributed by atoms with E-state index in [9.17, 15) is 13.2 Å². The highest BCUT2D eigenvalue weighted by atomic mass is 32.2. The molecule has 0 bridgehead atoms. The van der Waals surface area contributed by atoms with Crippen LogP contribution >= 0.6 is 0 Å². The molecule has 1 amide bonds. The third-order valence-corrected chi connectivity index (χ3v) is 4.99. The third kappa shape index (κ3) is 2.65. The van der Waals surface area contributed by atoms with Crippen LogP contribution in [0.3, 0.4) is 0 Å². The first-order valence-corrected chi connectivity index (χ1v) is 7.79. The monoisotopic (exact) mass is 295 g/mol. The summed E-state index contributed by atoms with van der Waals surface area (Å²) in [5.41, 5.74) is -0.899. The summed E-state index contributed by atoms with van der Waals surface area (Å²) in [6.45, 7) is -2.20. The van der Waals surface area contributed by atoms with E-state index in [1.165, 1.54) is 0 Å². The summed E-state index contributed by atoms with van der Waals surface area (Å²) in [5.74, 6) is -3.60. The quantitative estimate of drug-likeness (QED) is 0.836. The molecule has 0 aromatic heterocycles. The molecular formula is C13H24N2O3S. The molecule has 19 heavy (non-hydrogen) atoms. The van der Waals surface area contributed by atoms with E-state index >= 15 is 0 Å². The molecule has 1 aliphatic heterocycles. The van der Waals surface area contributed by atoms with Crippen LogP contribution in [-0.4, -0.2) is 31.6 Å². The lowest BCUT2D eigenvalue weighted by atomic mass is 9.98. The topological polar surface area (TPSA) is 66.5 Å². The highest BCUT2D eigenvalue weighted by molar-refractivity contribution is 7.87. The van der Waals surface area contributed by atoms with Gasteiger partial charge in [-0.2, -0.15) is 12.7 Å². The lowest BCUT2D eigenvalue weighted by molar-refractivity contribution is -0.125. The maximum absolute atomic E-state index is 12.7. The molecule has 1 N–H and O–H groups in total. The first-order chi connectivity index (χ1) is 11.5. The number of hydrogen-bond donors (Lipinski definition) is 1. The summed E-state index contributed by atoms with van der Waals surface area (Å²) in [7, 11) is -5.08. The highest BCUT2D eigenvalue weighted by Gasteiger charge is 2.58. The van der Waals surface area contributed by atoms with Gasteiger partial charge in [-0.1, -0.05) is 27.2 Å². The second kappa shape index (κ2) is 5.05. The van der Waals surface area contributed by atoms with Crippen LogP contribution in [0, 0.1) is 17.2 Å². The summed E-state index contributed by atoms with van der Waals surface area (Å²) < 4.78 is 82.0. The van der Waals surface area contributed by atoms with Gasteiger partial charge in [0, 0.05) is 22.6 Å². The lowest BCUT2D eigenvalue weighted by Gasteiger charge is -2.20. The molecule has 0 spiro atoms. The van der Waals surface area contributed by atoms with Gasteiger partial charge in [-0.05, 0) is 31.0 Å². The molecule has 1 saturated heterocycles. The van der Waals surface area contributed by atoms with Crippen LogP contribution in [0.1, 0.15) is 56.0 Å². The number of carbonyl (C=O) groups excluding carboxylic acids is 1. The van der Waals surface area contributed by atoms with E-state index in [0.717, 1.165) is 6.92 Å². The van der Waals surface area contributed by atoms with Crippen LogP contribution in [0.5, 0.6) is 0 Å². The second-order valence-electron chi connectivity index (χ2n) is 4.99. The summed E-state index contributed by atoms with van der Waals surface area (Å²) in [6.07, 6.45) is -1.63. The number of rotatable bonds is 5. The Balaban J connectivity index is 2.44. The van der Waals surface area contributed by atoms with E-state index in [0.29, 0.717) is 19.3 Å². The highest BCUT2D eigenvalue weighted by Crippen LogP contribution is 2.57. The minimum Gasteiger partial charge on any atom is -0.273 e. The molecular weight excluding hydrogens is 264 g/mol. The van der Waals surface area contributed by atoms with E-state index in [2.05, 4.69) is 0 Å². The molecule has 1 aliphatic carbocycles. The van der Waals surface area contributed by atoms with Crippen molar-refractivity contribution < 1.29 is 22.8 Å². The third-order valence-electron chi connectivity index (χ3n) is 3.88. The van der Waals surface area contributed by atoms with Crippen LogP contribution in [-0.2, 0) is 15.0 Å². The first-order valence-electron chi connectivity index (χ1n) is 9.85. The van der Waals surface area contributed by atoms with Crippen LogP contribution < -0.4 is 4.72 Å². The summed E-state index contributed by atoms with van der Waals surface area (Å²) in [4.78, 5) is 12.5. The number of carbonyl (C=O) groups is 1. The van der Waals surface area contributed by atoms with E-state index in [4.69, 9.17) is 9.60 Å². The second-order valence-corrected chi connectivity index (χ2v) is 6.51. The van der Waals surface area contributed by atoms with E-state index < -0.39 is 46.8 Å². The van der Waals surface area contributed by atoms with Crippen LogP contribution in [0.15, 0.2) is 0 Å². The van der Waals surface area contributed by atoms with Crippen molar-refractivity contribution in [1.29, 1.82) is 0 Å². The lowest BCUT2D eigenvalue weighted by Crippen LogP contribution is -2.45. The molecule has 1 saturated carbocycles. The first kappa shape index (κ1) is 7.98. The van der Waals surface area contributed by atoms with Gasteiger partial charge in [-0.15, -0.1) is 0 Å². The van der Waals surface area contributed by atoms with Crippen molar-refractivity contribution in [3.05, 3.63) is 0 Å². The molecule has 110 valence electrons. The van der Waals surface area contributed by atoms with Crippen LogP contribution in [0.4, 0.5) is 0 Å². The Morgan fingerprint density at radius 1 is 1.58 bits per heavy atom.